The van der Waals surface area contributed by atoms with Crippen LogP contribution in [0.3, 0.4) is 0 Å². The number of halogens is 5. The molecule has 0 fully saturated rings. The fraction of sp³-hybridized carbons (Fsp3) is 0.414. The van der Waals surface area contributed by atoms with Crippen molar-refractivity contribution in [3.63, 3.8) is 0 Å². The first-order valence-electron chi connectivity index (χ1n) is 13.4. The molecule has 0 saturated heterocycles. The molecule has 2 amide bonds. The first-order valence-corrected chi connectivity index (χ1v) is 14.4. The second kappa shape index (κ2) is 16.5. The van der Waals surface area contributed by atoms with Crippen molar-refractivity contribution in [2.75, 3.05) is 37.1 Å². The summed E-state index contributed by atoms with van der Waals surface area (Å²) in [7, 11) is 3.44. The Bertz CT molecular complexity index is 1380. The van der Waals surface area contributed by atoms with Gasteiger partial charge in [0.2, 0.25) is 5.91 Å². The minimum absolute atomic E-state index is 0. The molecule has 0 aliphatic heterocycles. The van der Waals surface area contributed by atoms with Gasteiger partial charge < -0.3 is 15.4 Å². The van der Waals surface area contributed by atoms with Gasteiger partial charge in [-0.3, -0.25) is 19.1 Å². The normalized spacial score (nSPS) is 12.1. The number of nitrogens with one attached hydrogen (secondary N) is 2. The summed E-state index contributed by atoms with van der Waals surface area (Å²) in [5.41, 5.74) is -2.20. The highest BCUT2D eigenvalue weighted by Gasteiger charge is 2.27. The zero-order valence-corrected chi connectivity index (χ0v) is 25.6. The summed E-state index contributed by atoms with van der Waals surface area (Å²) >= 11 is -0.0242. The number of anilines is 2. The van der Waals surface area contributed by atoms with Gasteiger partial charge in [-0.05, 0) is 82.6 Å². The molecule has 1 aromatic heterocycles. The van der Waals surface area contributed by atoms with Crippen LogP contribution in [0.5, 0.6) is 0 Å². The molecule has 3 rings (SSSR count). The lowest BCUT2D eigenvalue weighted by molar-refractivity contribution is -0.148. The quantitative estimate of drug-likeness (QED) is 0.115. The van der Waals surface area contributed by atoms with E-state index in [-0.39, 0.29) is 61.0 Å². The molecule has 0 aliphatic rings. The maximum absolute atomic E-state index is 14.1. The van der Waals surface area contributed by atoms with E-state index in [0.717, 1.165) is 5.56 Å². The number of fused-ring (bicyclic) bond motifs is 1. The zero-order chi connectivity index (χ0) is 30.9. The lowest BCUT2D eigenvalue weighted by atomic mass is 10.1. The van der Waals surface area contributed by atoms with Crippen LogP contribution in [0.15, 0.2) is 48.7 Å². The number of hydrogen-bond acceptors (Lipinski definition) is 6. The van der Waals surface area contributed by atoms with Crippen LogP contribution < -0.4 is 10.6 Å². The molecule has 43 heavy (non-hydrogen) atoms. The van der Waals surface area contributed by atoms with E-state index in [0.29, 0.717) is 35.9 Å². The van der Waals surface area contributed by atoms with Crippen LogP contribution in [0.25, 0.3) is 10.9 Å². The van der Waals surface area contributed by atoms with Crippen molar-refractivity contribution in [1.82, 2.24) is 9.47 Å². The number of nitrogens with zero attached hydrogens (tertiary/aromatic N) is 2. The number of urea groups is 1. The van der Waals surface area contributed by atoms with Gasteiger partial charge in [-0.15, -0.1) is 12.4 Å². The molecule has 1 unspecified atom stereocenters. The number of ether oxygens (including phenoxy) is 1. The monoisotopic (exact) mass is 646 g/mol. The highest BCUT2D eigenvalue weighted by Crippen LogP contribution is 2.31. The summed E-state index contributed by atoms with van der Waals surface area (Å²) in [6.45, 7) is 1.93. The van der Waals surface area contributed by atoms with Crippen molar-refractivity contribution < 1.29 is 36.7 Å². The van der Waals surface area contributed by atoms with E-state index < -0.39 is 29.4 Å². The van der Waals surface area contributed by atoms with Crippen molar-refractivity contribution in [2.24, 2.45) is 0 Å². The van der Waals surface area contributed by atoms with E-state index in [9.17, 15) is 31.9 Å². The summed E-state index contributed by atoms with van der Waals surface area (Å²) < 4.78 is 57.2. The van der Waals surface area contributed by atoms with Gasteiger partial charge in [0.25, 0.3) is 0 Å². The van der Waals surface area contributed by atoms with Gasteiger partial charge >= 0.3 is 17.5 Å². The third-order valence-electron chi connectivity index (χ3n) is 6.43. The summed E-state index contributed by atoms with van der Waals surface area (Å²) in [5.74, 6) is -1.30. The molecule has 8 nitrogen and oxygen atoms in total. The third-order valence-corrected chi connectivity index (χ3v) is 7.25. The van der Waals surface area contributed by atoms with E-state index in [1.807, 2.05) is 0 Å². The number of carbonyl (C=O) groups excluding carboxylic acids is 3. The number of esters is 1. The number of hydrogen-bond donors (Lipinski definition) is 2. The molecular weight excluding hydrogens is 612 g/mol. The average molecular weight is 647 g/mol. The topological polar surface area (TPSA) is 92.7 Å². The molecule has 0 saturated carbocycles. The number of aromatic nitrogens is 1. The fourth-order valence-corrected chi connectivity index (χ4v) is 4.95. The average Bonchev–Trinajstić information content (AvgIpc) is 3.26. The maximum atomic E-state index is 14.1. The van der Waals surface area contributed by atoms with E-state index in [1.54, 1.807) is 50.2 Å². The molecule has 14 heteroatoms. The lowest BCUT2D eigenvalue weighted by Crippen LogP contribution is -2.37. The zero-order valence-electron chi connectivity index (χ0n) is 24.0. The minimum Gasteiger partial charge on any atom is -0.465 e. The first kappa shape index (κ1) is 35.9. The molecule has 2 aromatic carbocycles. The van der Waals surface area contributed by atoms with Gasteiger partial charge in [-0.1, -0.05) is 23.9 Å². The van der Waals surface area contributed by atoms with Gasteiger partial charge in [0, 0.05) is 29.4 Å². The number of unbranched alkanes of at least 4 members (excludes halogenated alkanes) is 1. The molecule has 3 aromatic rings. The molecular formula is C29H35ClF4N4O4S. The molecule has 0 bridgehead atoms. The number of benzene rings is 2. The number of alkyl halides is 3. The molecule has 236 valence electrons. The summed E-state index contributed by atoms with van der Waals surface area (Å²) in [6, 6.07) is 9.57. The van der Waals surface area contributed by atoms with Crippen molar-refractivity contribution >= 4 is 64.4 Å². The largest absolute Gasteiger partial charge is 0.465 e. The Morgan fingerprint density at radius 3 is 2.37 bits per heavy atom. The number of thioether (sulfide) groups is 1. The molecule has 0 spiro atoms. The van der Waals surface area contributed by atoms with Crippen molar-refractivity contribution in [1.29, 1.82) is 0 Å². The van der Waals surface area contributed by atoms with Crippen molar-refractivity contribution in [3.05, 3.63) is 60.0 Å². The van der Waals surface area contributed by atoms with E-state index in [4.69, 9.17) is 4.74 Å². The van der Waals surface area contributed by atoms with Crippen LogP contribution in [-0.4, -0.2) is 65.4 Å². The van der Waals surface area contributed by atoms with Gasteiger partial charge in [-0.2, -0.15) is 13.2 Å². The number of carbonyl (C=O) groups is 3. The molecule has 2 N–H and O–H groups in total. The van der Waals surface area contributed by atoms with Gasteiger partial charge in [0.05, 0.1) is 17.8 Å². The smallest absolute Gasteiger partial charge is 0.441 e. The van der Waals surface area contributed by atoms with E-state index in [1.165, 1.54) is 29.0 Å². The fourth-order valence-electron chi connectivity index (χ4n) is 4.37. The van der Waals surface area contributed by atoms with Crippen LogP contribution in [0, 0.1) is 5.82 Å². The van der Waals surface area contributed by atoms with Crippen LogP contribution in [-0.2, 0) is 16.0 Å². The Hall–Kier alpha value is -3.29. The standard InChI is InChI=1S/C29H34F4N4O4S.ClH/c1-4-41-27(39)25(36(2)3)14-15-26(38)37-18-23(22-17-20(30)10-13-24(22)37)35-28(40)34-21-11-8-19(9-12-21)7-5-6-16-42-29(31,32)33;/h8-13,17-18,25H,4-7,14-16H2,1-3H3,(H2,34,35,40);1H. The number of aryl methyl sites for hydroxylation is 1. The maximum Gasteiger partial charge on any atom is 0.441 e. The van der Waals surface area contributed by atoms with Crippen molar-refractivity contribution in [2.45, 2.75) is 50.6 Å². The Morgan fingerprint density at radius 1 is 1.05 bits per heavy atom. The molecule has 1 atom stereocenters. The van der Waals surface area contributed by atoms with E-state index in [2.05, 4.69) is 10.6 Å². The predicted octanol–water partition coefficient (Wildman–Crippen LogP) is 7.34. The molecule has 0 radical (unpaired) electrons. The Kier molecular flexibility index (Phi) is 13.8. The van der Waals surface area contributed by atoms with Crippen LogP contribution in [0.4, 0.5) is 33.7 Å². The van der Waals surface area contributed by atoms with Crippen LogP contribution in [0.2, 0.25) is 0 Å². The molecule has 1 heterocycles. The van der Waals surface area contributed by atoms with Gasteiger partial charge in [0.1, 0.15) is 11.9 Å². The predicted molar refractivity (Wildman–Crippen MR) is 164 cm³/mol. The second-order valence-electron chi connectivity index (χ2n) is 9.77. The Morgan fingerprint density at radius 2 is 1.74 bits per heavy atom. The highest BCUT2D eigenvalue weighted by molar-refractivity contribution is 8.00. The summed E-state index contributed by atoms with van der Waals surface area (Å²) in [4.78, 5) is 39.9. The third kappa shape index (κ3) is 11.0. The number of amides is 2. The lowest BCUT2D eigenvalue weighted by Gasteiger charge is -2.22. The Balaban J connectivity index is 0.00000645. The SMILES string of the molecule is CCOC(=O)C(CCC(=O)n1cc(NC(=O)Nc2ccc(CCCCSC(F)(F)F)cc2)c2cc(F)ccc21)N(C)C.Cl. The minimum atomic E-state index is -4.21. The second-order valence-corrected chi connectivity index (χ2v) is 10.9. The summed E-state index contributed by atoms with van der Waals surface area (Å²) in [5, 5.41) is 5.67. The van der Waals surface area contributed by atoms with Crippen LogP contribution >= 0.6 is 24.2 Å². The highest BCUT2D eigenvalue weighted by atomic mass is 35.5. The van der Waals surface area contributed by atoms with Crippen molar-refractivity contribution in [3.8, 4) is 0 Å². The van der Waals surface area contributed by atoms with Crippen LogP contribution in [0.1, 0.15) is 43.0 Å². The molecule has 0 aliphatic carbocycles. The van der Waals surface area contributed by atoms with Gasteiger partial charge in [-0.25, -0.2) is 9.18 Å². The Labute approximate surface area is 257 Å². The first-order chi connectivity index (χ1) is 19.9. The van der Waals surface area contributed by atoms with E-state index >= 15 is 0 Å². The number of likely N-dealkylation sites (N-methyl/N-ethyl adjacent to an activating group) is 1. The van der Waals surface area contributed by atoms with Gasteiger partial charge in [0.15, 0.2) is 0 Å². The summed E-state index contributed by atoms with van der Waals surface area (Å²) in [6.07, 6.45) is 3.28. The number of rotatable bonds is 13.